The van der Waals surface area contributed by atoms with Gasteiger partial charge in [-0.3, -0.25) is 4.57 Å². The lowest BCUT2D eigenvalue weighted by Crippen LogP contribution is -2.28. The molecular weight excluding hydrogens is 753 g/mol. The highest BCUT2D eigenvalue weighted by molar-refractivity contribution is 6.10. The zero-order valence-electron chi connectivity index (χ0n) is 34.0. The lowest BCUT2D eigenvalue weighted by molar-refractivity contribution is 0.745. The van der Waals surface area contributed by atoms with Crippen LogP contribution in [0.25, 0.3) is 88.9 Å². The van der Waals surface area contributed by atoms with Gasteiger partial charge >= 0.3 is 0 Å². The predicted molar refractivity (Wildman–Crippen MR) is 258 cm³/mol. The molecule has 0 amide bonds. The van der Waals surface area contributed by atoms with Gasteiger partial charge in [0.1, 0.15) is 0 Å². The van der Waals surface area contributed by atoms with Crippen molar-refractivity contribution in [1.29, 1.82) is 0 Å². The van der Waals surface area contributed by atoms with Gasteiger partial charge in [0.15, 0.2) is 0 Å². The number of rotatable bonds is 5. The van der Waals surface area contributed by atoms with Gasteiger partial charge in [-0.25, -0.2) is 9.97 Å². The molecule has 3 heterocycles. The van der Waals surface area contributed by atoms with Gasteiger partial charge in [-0.05, 0) is 98.8 Å². The number of benzene rings is 8. The van der Waals surface area contributed by atoms with E-state index in [1.54, 1.807) is 0 Å². The Bertz CT molecular complexity index is 3540. The highest BCUT2D eigenvalue weighted by Crippen LogP contribution is 2.53. The molecule has 292 valence electrons. The summed E-state index contributed by atoms with van der Waals surface area (Å²) in [4.78, 5) is 13.5. The van der Waals surface area contributed by atoms with E-state index in [2.05, 4.69) is 216 Å². The van der Waals surface area contributed by atoms with Crippen molar-refractivity contribution < 1.29 is 0 Å². The van der Waals surface area contributed by atoms with Crippen LogP contribution >= 0.6 is 0 Å². The molecule has 2 aromatic heterocycles. The van der Waals surface area contributed by atoms with E-state index in [1.807, 2.05) is 0 Å². The largest absolute Gasteiger partial charge is 0.333 e. The van der Waals surface area contributed by atoms with Crippen molar-refractivity contribution >= 4 is 60.8 Å². The van der Waals surface area contributed by atoms with E-state index in [9.17, 15) is 0 Å². The van der Waals surface area contributed by atoms with Crippen molar-refractivity contribution in [2.45, 2.75) is 24.8 Å². The number of nitrogens with zero attached hydrogens (tertiary/aromatic N) is 4. The van der Waals surface area contributed by atoms with E-state index < -0.39 is 0 Å². The molecule has 0 saturated heterocycles. The fraction of sp³-hybridized carbons (Fsp3) is 0.0690. The van der Waals surface area contributed by atoms with Crippen LogP contribution in [0.5, 0.6) is 0 Å². The molecule has 1 unspecified atom stereocenters. The molecule has 0 bridgehead atoms. The fourth-order valence-electron chi connectivity index (χ4n) is 10.7. The SMILES string of the molecule is C1=CC2[C@@H](C=C1)c1cc(-c3ccc4c5c(n(-c6nc(-c7ccc(-c8ccccc8)c8ccccc78)c7ccccc7n6)c4c3)C=CCC5)c3ccccc3c1N2c1ccccc1. The number of aryl methyl sites for hydroxylation is 1. The van der Waals surface area contributed by atoms with Crippen molar-refractivity contribution in [3.8, 4) is 39.5 Å². The van der Waals surface area contributed by atoms with Gasteiger partial charge in [0, 0.05) is 33.3 Å². The minimum atomic E-state index is 0.209. The monoisotopic (exact) mass is 792 g/mol. The first-order chi connectivity index (χ1) is 30.8. The Labute approximate surface area is 360 Å². The minimum absolute atomic E-state index is 0.209. The Morgan fingerprint density at radius 2 is 1.19 bits per heavy atom. The average molecular weight is 793 g/mol. The maximum atomic E-state index is 5.60. The summed E-state index contributed by atoms with van der Waals surface area (Å²) in [5.41, 5.74) is 15.3. The van der Waals surface area contributed by atoms with Gasteiger partial charge < -0.3 is 4.90 Å². The van der Waals surface area contributed by atoms with Crippen LogP contribution in [0.3, 0.4) is 0 Å². The standard InChI is InChI=1S/C58H40N4/c1-3-17-37(18-4-1)40-33-34-47(42-22-8-7-21-41(40)42)56-49-27-11-14-28-52(49)59-58(60-56)62-54-30-16-12-24-44(54)46-32-31-38(35-55(46)62)50-36-51-45-25-13-15-29-53(45)61(39-19-5-2-6-20-39)57(51)48-26-10-9-23-43(48)50/h1-11,13-23,25-36,45,53H,12,24H2/t45-,53?/m0/s1. The maximum Gasteiger partial charge on any atom is 0.235 e. The first-order valence-electron chi connectivity index (χ1n) is 21.7. The van der Waals surface area contributed by atoms with Crippen molar-refractivity contribution in [3.05, 3.63) is 217 Å². The van der Waals surface area contributed by atoms with Crippen molar-refractivity contribution in [2.24, 2.45) is 0 Å². The van der Waals surface area contributed by atoms with E-state index in [-0.39, 0.29) is 12.0 Å². The predicted octanol–water partition coefficient (Wildman–Crippen LogP) is 14.6. The Morgan fingerprint density at radius 1 is 0.516 bits per heavy atom. The lowest BCUT2D eigenvalue weighted by Gasteiger charge is -2.29. The second-order valence-corrected chi connectivity index (χ2v) is 16.7. The number of para-hydroxylation sites is 2. The topological polar surface area (TPSA) is 34.0 Å². The van der Waals surface area contributed by atoms with E-state index in [0.29, 0.717) is 5.95 Å². The van der Waals surface area contributed by atoms with Crippen LogP contribution in [0.4, 0.5) is 11.4 Å². The van der Waals surface area contributed by atoms with Gasteiger partial charge in [0.2, 0.25) is 5.95 Å². The molecule has 2 aliphatic carbocycles. The molecule has 0 N–H and O–H groups in total. The smallest absolute Gasteiger partial charge is 0.235 e. The first kappa shape index (κ1) is 35.0. The number of aromatic nitrogens is 3. The zero-order valence-corrected chi connectivity index (χ0v) is 34.0. The summed E-state index contributed by atoms with van der Waals surface area (Å²) in [6.45, 7) is 0. The zero-order chi connectivity index (χ0) is 40.7. The van der Waals surface area contributed by atoms with Gasteiger partial charge in [-0.2, -0.15) is 0 Å². The van der Waals surface area contributed by atoms with E-state index in [4.69, 9.17) is 9.97 Å². The molecule has 1 aliphatic heterocycles. The molecule has 8 aromatic carbocycles. The van der Waals surface area contributed by atoms with E-state index in [0.717, 1.165) is 46.2 Å². The first-order valence-corrected chi connectivity index (χ1v) is 21.7. The molecule has 0 fully saturated rings. The van der Waals surface area contributed by atoms with Crippen LogP contribution in [0.15, 0.2) is 200 Å². The quantitative estimate of drug-likeness (QED) is 0.174. The number of fused-ring (bicyclic) bond motifs is 10. The number of hydrogen-bond acceptors (Lipinski definition) is 3. The number of allylic oxidation sites excluding steroid dienone is 3. The summed E-state index contributed by atoms with van der Waals surface area (Å²) >= 11 is 0. The van der Waals surface area contributed by atoms with Gasteiger partial charge in [0.25, 0.3) is 0 Å². The summed E-state index contributed by atoms with van der Waals surface area (Å²) in [7, 11) is 0. The Kier molecular flexibility index (Phi) is 7.83. The Morgan fingerprint density at radius 3 is 2.02 bits per heavy atom. The molecule has 0 spiro atoms. The second kappa shape index (κ2) is 13.9. The summed E-state index contributed by atoms with van der Waals surface area (Å²) in [5, 5.41) is 7.18. The molecule has 3 aliphatic rings. The van der Waals surface area contributed by atoms with E-state index in [1.165, 1.54) is 71.7 Å². The lowest BCUT2D eigenvalue weighted by atomic mass is 9.87. The average Bonchev–Trinajstić information content (AvgIpc) is 3.86. The third-order valence-electron chi connectivity index (χ3n) is 13.4. The second-order valence-electron chi connectivity index (χ2n) is 16.7. The van der Waals surface area contributed by atoms with Crippen LogP contribution in [-0.4, -0.2) is 20.6 Å². The molecule has 0 radical (unpaired) electrons. The minimum Gasteiger partial charge on any atom is -0.333 e. The fourth-order valence-corrected chi connectivity index (χ4v) is 10.7. The Hall–Kier alpha value is -7.82. The highest BCUT2D eigenvalue weighted by atomic mass is 15.2. The maximum absolute atomic E-state index is 5.60. The molecule has 13 rings (SSSR count). The van der Waals surface area contributed by atoms with Crippen LogP contribution in [-0.2, 0) is 6.42 Å². The van der Waals surface area contributed by atoms with Crippen molar-refractivity contribution in [3.63, 3.8) is 0 Å². The summed E-state index contributed by atoms with van der Waals surface area (Å²) in [6.07, 6.45) is 15.7. The molecule has 62 heavy (non-hydrogen) atoms. The summed E-state index contributed by atoms with van der Waals surface area (Å²) < 4.78 is 2.33. The number of anilines is 2. The summed E-state index contributed by atoms with van der Waals surface area (Å²) in [5.74, 6) is 0.926. The molecule has 4 heteroatoms. The molecule has 4 nitrogen and oxygen atoms in total. The molecular formula is C58H40N4. The highest BCUT2D eigenvalue weighted by Gasteiger charge is 2.39. The number of hydrogen-bond donors (Lipinski definition) is 0. The van der Waals surface area contributed by atoms with E-state index >= 15 is 0 Å². The van der Waals surface area contributed by atoms with Gasteiger partial charge in [-0.15, -0.1) is 0 Å². The van der Waals surface area contributed by atoms with Gasteiger partial charge in [-0.1, -0.05) is 170 Å². The molecule has 2 atom stereocenters. The Balaban J connectivity index is 1.04. The van der Waals surface area contributed by atoms with Gasteiger partial charge in [0.05, 0.1) is 34.2 Å². The molecule has 10 aromatic rings. The van der Waals surface area contributed by atoms with Crippen molar-refractivity contribution in [2.75, 3.05) is 4.90 Å². The van der Waals surface area contributed by atoms with Crippen molar-refractivity contribution in [1.82, 2.24) is 14.5 Å². The normalized spacial score (nSPS) is 16.4. The van der Waals surface area contributed by atoms with Crippen LogP contribution in [0.1, 0.15) is 29.2 Å². The molecule has 0 saturated carbocycles. The third kappa shape index (κ3) is 5.26. The third-order valence-corrected chi connectivity index (χ3v) is 13.4. The summed E-state index contributed by atoms with van der Waals surface area (Å²) in [6, 6.07) is 62.0. The van der Waals surface area contributed by atoms with Crippen LogP contribution < -0.4 is 4.90 Å². The van der Waals surface area contributed by atoms with Crippen LogP contribution in [0, 0.1) is 0 Å². The van der Waals surface area contributed by atoms with Crippen LogP contribution in [0.2, 0.25) is 0 Å².